The van der Waals surface area contributed by atoms with Gasteiger partial charge in [0.25, 0.3) is 0 Å². The van der Waals surface area contributed by atoms with Gasteiger partial charge >= 0.3 is 0 Å². The van der Waals surface area contributed by atoms with Crippen LogP contribution in [0, 0.1) is 6.92 Å². The second kappa shape index (κ2) is 4.64. The van der Waals surface area contributed by atoms with Gasteiger partial charge < -0.3 is 4.74 Å². The van der Waals surface area contributed by atoms with Crippen LogP contribution in [0.3, 0.4) is 0 Å². The molecule has 4 heteroatoms. The molecule has 0 aromatic carbocycles. The lowest BCUT2D eigenvalue weighted by molar-refractivity contribution is 0.184. The molecule has 0 N–H and O–H groups in total. The summed E-state index contributed by atoms with van der Waals surface area (Å²) in [6.07, 6.45) is 4.36. The summed E-state index contributed by atoms with van der Waals surface area (Å²) in [7, 11) is 0. The van der Waals surface area contributed by atoms with Gasteiger partial charge in [-0.3, -0.25) is 0 Å². The summed E-state index contributed by atoms with van der Waals surface area (Å²) in [5, 5.41) is 0. The Morgan fingerprint density at radius 2 is 2.21 bits per heavy atom. The molecule has 0 atom stereocenters. The van der Waals surface area contributed by atoms with Gasteiger partial charge in [-0.05, 0) is 31.3 Å². The van der Waals surface area contributed by atoms with Crippen LogP contribution in [0.4, 0.5) is 0 Å². The van der Waals surface area contributed by atoms with Gasteiger partial charge in [0.05, 0.1) is 0 Å². The first-order valence-electron chi connectivity index (χ1n) is 4.88. The zero-order valence-corrected chi connectivity index (χ0v) is 9.09. The predicted molar refractivity (Wildman–Crippen MR) is 57.7 cm³/mol. The Balaban J connectivity index is 1.95. The van der Waals surface area contributed by atoms with Crippen molar-refractivity contribution in [1.29, 1.82) is 0 Å². The van der Waals surface area contributed by atoms with Crippen LogP contribution in [0.1, 0.15) is 18.7 Å². The highest BCUT2D eigenvalue weighted by Gasteiger charge is 2.15. The normalized spacial score (nSPS) is 18.1. The van der Waals surface area contributed by atoms with E-state index >= 15 is 0 Å². The smallest absolute Gasteiger partial charge is 0.216 e. The van der Waals surface area contributed by atoms with E-state index in [1.54, 1.807) is 6.20 Å². The molecular weight excluding hydrogens is 196 g/mol. The Labute approximate surface area is 88.3 Å². The molecule has 0 aliphatic carbocycles. The lowest BCUT2D eigenvalue weighted by Crippen LogP contribution is -2.22. The molecular formula is C10H14N2OS. The lowest BCUT2D eigenvalue weighted by Gasteiger charge is -2.21. The van der Waals surface area contributed by atoms with Crippen LogP contribution in [-0.4, -0.2) is 27.6 Å². The van der Waals surface area contributed by atoms with Gasteiger partial charge in [-0.25, -0.2) is 4.98 Å². The summed E-state index contributed by atoms with van der Waals surface area (Å²) in [4.78, 5) is 8.26. The summed E-state index contributed by atoms with van der Waals surface area (Å²) in [6.45, 7) is 1.88. The van der Waals surface area contributed by atoms with Gasteiger partial charge in [0.1, 0.15) is 11.9 Å². The molecule has 76 valence electrons. The van der Waals surface area contributed by atoms with Crippen molar-refractivity contribution in [3.63, 3.8) is 0 Å². The van der Waals surface area contributed by atoms with E-state index in [4.69, 9.17) is 4.74 Å². The van der Waals surface area contributed by atoms with E-state index in [0.29, 0.717) is 6.10 Å². The van der Waals surface area contributed by atoms with E-state index < -0.39 is 0 Å². The predicted octanol–water partition coefficient (Wildman–Crippen LogP) is 2.06. The van der Waals surface area contributed by atoms with E-state index in [1.165, 1.54) is 11.5 Å². The highest BCUT2D eigenvalue weighted by atomic mass is 32.2. The van der Waals surface area contributed by atoms with Crippen LogP contribution in [0.15, 0.2) is 12.3 Å². The van der Waals surface area contributed by atoms with Gasteiger partial charge in [0.15, 0.2) is 0 Å². The summed E-state index contributed by atoms with van der Waals surface area (Å²) in [5.74, 6) is 3.89. The van der Waals surface area contributed by atoms with Crippen molar-refractivity contribution in [2.24, 2.45) is 0 Å². The minimum atomic E-state index is 0.352. The molecule has 1 aliphatic rings. The molecule has 0 spiro atoms. The number of hydrogen-bond donors (Lipinski definition) is 0. The van der Waals surface area contributed by atoms with Crippen molar-refractivity contribution >= 4 is 11.8 Å². The van der Waals surface area contributed by atoms with Crippen molar-refractivity contribution in [2.45, 2.75) is 25.9 Å². The highest BCUT2D eigenvalue weighted by molar-refractivity contribution is 7.99. The van der Waals surface area contributed by atoms with Gasteiger partial charge in [-0.15, -0.1) is 0 Å². The first-order valence-corrected chi connectivity index (χ1v) is 6.04. The molecule has 2 rings (SSSR count). The quantitative estimate of drug-likeness (QED) is 0.748. The first kappa shape index (κ1) is 9.77. The van der Waals surface area contributed by atoms with E-state index in [0.717, 1.165) is 24.5 Å². The largest absolute Gasteiger partial charge is 0.474 e. The second-order valence-electron chi connectivity index (χ2n) is 3.37. The van der Waals surface area contributed by atoms with Crippen molar-refractivity contribution in [3.05, 3.63) is 18.1 Å². The van der Waals surface area contributed by atoms with Gasteiger partial charge in [0.2, 0.25) is 5.88 Å². The SMILES string of the molecule is Cc1nccc(OC2CCSCC2)n1. The van der Waals surface area contributed by atoms with Crippen molar-refractivity contribution < 1.29 is 4.74 Å². The fourth-order valence-electron chi connectivity index (χ4n) is 1.46. The molecule has 1 aliphatic heterocycles. The standard InChI is InChI=1S/C10H14N2OS/c1-8-11-5-2-10(12-8)13-9-3-6-14-7-4-9/h2,5,9H,3-4,6-7H2,1H3. The molecule has 1 aromatic heterocycles. The minimum absolute atomic E-state index is 0.352. The molecule has 14 heavy (non-hydrogen) atoms. The maximum Gasteiger partial charge on any atom is 0.216 e. The fourth-order valence-corrected chi connectivity index (χ4v) is 2.53. The molecule has 0 amide bonds. The van der Waals surface area contributed by atoms with Gasteiger partial charge in [-0.1, -0.05) is 0 Å². The molecule has 1 aromatic rings. The van der Waals surface area contributed by atoms with Crippen LogP contribution in [0.5, 0.6) is 5.88 Å². The number of rotatable bonds is 2. The second-order valence-corrected chi connectivity index (χ2v) is 4.60. The van der Waals surface area contributed by atoms with E-state index in [9.17, 15) is 0 Å². The van der Waals surface area contributed by atoms with Crippen LogP contribution in [0.25, 0.3) is 0 Å². The molecule has 1 fully saturated rings. The molecule has 2 heterocycles. The topological polar surface area (TPSA) is 35.0 Å². The first-order chi connectivity index (χ1) is 6.84. The maximum atomic E-state index is 5.77. The molecule has 0 saturated carbocycles. The number of aromatic nitrogens is 2. The Kier molecular flexibility index (Phi) is 3.24. The fraction of sp³-hybridized carbons (Fsp3) is 0.600. The van der Waals surface area contributed by atoms with E-state index in [1.807, 2.05) is 24.8 Å². The number of hydrogen-bond acceptors (Lipinski definition) is 4. The maximum absolute atomic E-state index is 5.77. The summed E-state index contributed by atoms with van der Waals surface area (Å²) < 4.78 is 5.77. The summed E-state index contributed by atoms with van der Waals surface area (Å²) >= 11 is 2.00. The van der Waals surface area contributed by atoms with Crippen molar-refractivity contribution in [3.8, 4) is 5.88 Å². The molecule has 0 radical (unpaired) electrons. The Morgan fingerprint density at radius 1 is 1.43 bits per heavy atom. The van der Waals surface area contributed by atoms with E-state index in [2.05, 4.69) is 9.97 Å². The third kappa shape index (κ3) is 2.61. The zero-order chi connectivity index (χ0) is 9.80. The summed E-state index contributed by atoms with van der Waals surface area (Å²) in [5.41, 5.74) is 0. The Morgan fingerprint density at radius 3 is 2.93 bits per heavy atom. The number of aryl methyl sites for hydroxylation is 1. The highest BCUT2D eigenvalue weighted by Crippen LogP contribution is 2.21. The van der Waals surface area contributed by atoms with E-state index in [-0.39, 0.29) is 0 Å². The van der Waals surface area contributed by atoms with Gasteiger partial charge in [-0.2, -0.15) is 16.7 Å². The monoisotopic (exact) mass is 210 g/mol. The molecule has 1 saturated heterocycles. The third-order valence-corrected chi connectivity index (χ3v) is 3.25. The average Bonchev–Trinajstić information content (AvgIpc) is 2.19. The van der Waals surface area contributed by atoms with Crippen molar-refractivity contribution in [2.75, 3.05) is 11.5 Å². The molecule has 3 nitrogen and oxygen atoms in total. The number of ether oxygens (including phenoxy) is 1. The third-order valence-electron chi connectivity index (χ3n) is 2.21. The zero-order valence-electron chi connectivity index (χ0n) is 8.27. The van der Waals surface area contributed by atoms with Crippen LogP contribution < -0.4 is 4.74 Å². The van der Waals surface area contributed by atoms with Crippen LogP contribution in [0.2, 0.25) is 0 Å². The minimum Gasteiger partial charge on any atom is -0.474 e. The molecule has 0 bridgehead atoms. The summed E-state index contributed by atoms with van der Waals surface area (Å²) in [6, 6.07) is 1.83. The number of nitrogens with zero attached hydrogens (tertiary/aromatic N) is 2. The van der Waals surface area contributed by atoms with Crippen molar-refractivity contribution in [1.82, 2.24) is 9.97 Å². The van der Waals surface area contributed by atoms with Crippen LogP contribution >= 0.6 is 11.8 Å². The molecule has 0 unspecified atom stereocenters. The van der Waals surface area contributed by atoms with Crippen LogP contribution in [-0.2, 0) is 0 Å². The average molecular weight is 210 g/mol. The lowest BCUT2D eigenvalue weighted by atomic mass is 10.2. The number of thioether (sulfide) groups is 1. The van der Waals surface area contributed by atoms with Gasteiger partial charge in [0, 0.05) is 12.3 Å². The Hall–Kier alpha value is -0.770. The Bertz CT molecular complexity index is 300.